The third-order valence-electron chi connectivity index (χ3n) is 2.59. The van der Waals surface area contributed by atoms with Gasteiger partial charge in [-0.3, -0.25) is 15.1 Å². The van der Waals surface area contributed by atoms with Crippen molar-refractivity contribution in [3.8, 4) is 0 Å². The fourth-order valence-corrected chi connectivity index (χ4v) is 1.59. The molecule has 0 saturated carbocycles. The lowest BCUT2D eigenvalue weighted by atomic mass is 10.2. The van der Waals surface area contributed by atoms with E-state index in [9.17, 15) is 10.1 Å². The van der Waals surface area contributed by atoms with Gasteiger partial charge in [-0.2, -0.15) is 0 Å². The van der Waals surface area contributed by atoms with Gasteiger partial charge < -0.3 is 5.32 Å². The van der Waals surface area contributed by atoms with Gasteiger partial charge in [0.15, 0.2) is 0 Å². The molecular formula is C15H19N3O2. The molecule has 1 N–H and O–H groups in total. The van der Waals surface area contributed by atoms with Crippen LogP contribution < -0.4 is 5.32 Å². The summed E-state index contributed by atoms with van der Waals surface area (Å²) in [5.41, 5.74) is 2.22. The number of non-ortho nitro benzene ring substituents is 1. The molecule has 0 radical (unpaired) electrons. The predicted molar refractivity (Wildman–Crippen MR) is 79.5 cm³/mol. The number of benzene rings is 1. The van der Waals surface area contributed by atoms with Gasteiger partial charge in [0.25, 0.3) is 5.69 Å². The first-order valence-electron chi connectivity index (χ1n) is 6.45. The Morgan fingerprint density at radius 1 is 1.25 bits per heavy atom. The smallest absolute Gasteiger partial charge is 0.269 e. The molecule has 0 atom stereocenters. The summed E-state index contributed by atoms with van der Waals surface area (Å²) in [5.74, 6) is 0. The van der Waals surface area contributed by atoms with Gasteiger partial charge in [0, 0.05) is 30.6 Å². The average Bonchev–Trinajstić information content (AvgIpc) is 2.49. The maximum atomic E-state index is 10.3. The van der Waals surface area contributed by atoms with E-state index in [0.29, 0.717) is 6.54 Å². The quantitative estimate of drug-likeness (QED) is 0.687. The van der Waals surface area contributed by atoms with Gasteiger partial charge in [0.05, 0.1) is 4.92 Å². The number of nitro groups is 1. The van der Waals surface area contributed by atoms with Crippen LogP contribution in [-0.2, 0) is 13.0 Å². The van der Waals surface area contributed by atoms with Gasteiger partial charge in [0.1, 0.15) is 0 Å². The number of hydrogen-bond acceptors (Lipinski definition) is 4. The molecule has 0 bridgehead atoms. The number of hydrogen-bond donors (Lipinski definition) is 1. The van der Waals surface area contributed by atoms with E-state index in [0.717, 1.165) is 17.7 Å². The summed E-state index contributed by atoms with van der Waals surface area (Å²) in [7, 11) is 1.80. The van der Waals surface area contributed by atoms with Crippen LogP contribution in [0.4, 0.5) is 5.69 Å². The van der Waals surface area contributed by atoms with Crippen molar-refractivity contribution in [3.63, 3.8) is 0 Å². The number of nitrogens with one attached hydrogen (secondary N) is 1. The first-order chi connectivity index (χ1) is 9.67. The standard InChI is InChI=1S/C8H10N2O2.C7H9N/c1-9-6-7-3-2-4-8(5-7)10(11)12;1-2-7-5-3-4-6-8-7/h2-5,9H,6H2,1H3;3-6H,2H2,1H3. The summed E-state index contributed by atoms with van der Waals surface area (Å²) >= 11 is 0. The molecule has 0 amide bonds. The van der Waals surface area contributed by atoms with Gasteiger partial charge in [-0.25, -0.2) is 0 Å². The van der Waals surface area contributed by atoms with Crippen LogP contribution in [0.5, 0.6) is 0 Å². The van der Waals surface area contributed by atoms with E-state index in [1.54, 1.807) is 19.2 Å². The third kappa shape index (κ3) is 5.58. The summed E-state index contributed by atoms with van der Waals surface area (Å²) in [5, 5.41) is 13.3. The Hall–Kier alpha value is -2.27. The molecule has 0 aliphatic heterocycles. The van der Waals surface area contributed by atoms with E-state index in [4.69, 9.17) is 0 Å². The molecule has 106 valence electrons. The second kappa shape index (κ2) is 8.77. The van der Waals surface area contributed by atoms with Crippen molar-refractivity contribution in [2.75, 3.05) is 7.05 Å². The largest absolute Gasteiger partial charge is 0.316 e. The highest BCUT2D eigenvalue weighted by molar-refractivity contribution is 5.34. The van der Waals surface area contributed by atoms with E-state index in [2.05, 4.69) is 17.2 Å². The van der Waals surface area contributed by atoms with Crippen molar-refractivity contribution < 1.29 is 4.92 Å². The average molecular weight is 273 g/mol. The normalized spacial score (nSPS) is 9.50. The van der Waals surface area contributed by atoms with Crippen molar-refractivity contribution in [3.05, 3.63) is 70.0 Å². The molecule has 5 heteroatoms. The Bertz CT molecular complexity index is 530. The van der Waals surface area contributed by atoms with Gasteiger partial charge >= 0.3 is 0 Å². The SMILES string of the molecule is CCc1ccccn1.CNCc1cccc([N+](=O)[O-])c1. The van der Waals surface area contributed by atoms with Crippen molar-refractivity contribution in [2.45, 2.75) is 19.9 Å². The molecule has 1 aromatic carbocycles. The van der Waals surface area contributed by atoms with Crippen LogP contribution in [0.25, 0.3) is 0 Å². The van der Waals surface area contributed by atoms with Crippen LogP contribution in [0.2, 0.25) is 0 Å². The topological polar surface area (TPSA) is 68.1 Å². The lowest BCUT2D eigenvalue weighted by molar-refractivity contribution is -0.384. The fraction of sp³-hybridized carbons (Fsp3) is 0.267. The minimum Gasteiger partial charge on any atom is -0.316 e. The molecule has 2 aromatic rings. The minimum atomic E-state index is -0.390. The molecule has 2 rings (SSSR count). The molecule has 5 nitrogen and oxygen atoms in total. The molecule has 0 aliphatic carbocycles. The van der Waals surface area contributed by atoms with E-state index in [1.165, 1.54) is 6.07 Å². The number of nitrogens with zero attached hydrogens (tertiary/aromatic N) is 2. The van der Waals surface area contributed by atoms with Gasteiger partial charge in [0.2, 0.25) is 0 Å². The lowest BCUT2D eigenvalue weighted by Crippen LogP contribution is -2.04. The Kier molecular flexibility index (Phi) is 6.92. The zero-order chi connectivity index (χ0) is 14.8. The molecule has 0 saturated heterocycles. The van der Waals surface area contributed by atoms with Crippen molar-refractivity contribution >= 4 is 5.69 Å². The van der Waals surface area contributed by atoms with Gasteiger partial charge in [-0.1, -0.05) is 25.1 Å². The molecule has 1 aromatic heterocycles. The Morgan fingerprint density at radius 2 is 2.05 bits per heavy atom. The van der Waals surface area contributed by atoms with E-state index in [-0.39, 0.29) is 10.6 Å². The summed E-state index contributed by atoms with van der Waals surface area (Å²) in [6.07, 6.45) is 2.85. The first-order valence-corrected chi connectivity index (χ1v) is 6.45. The zero-order valence-electron chi connectivity index (χ0n) is 11.7. The number of pyridine rings is 1. The summed E-state index contributed by atoms with van der Waals surface area (Å²) in [6, 6.07) is 12.6. The van der Waals surface area contributed by atoms with E-state index < -0.39 is 0 Å². The molecule has 0 spiro atoms. The highest BCUT2D eigenvalue weighted by atomic mass is 16.6. The maximum absolute atomic E-state index is 10.3. The van der Waals surface area contributed by atoms with E-state index >= 15 is 0 Å². The predicted octanol–water partition coefficient (Wildman–Crippen LogP) is 2.96. The second-order valence-corrected chi connectivity index (χ2v) is 4.13. The highest BCUT2D eigenvalue weighted by Gasteiger charge is 2.03. The number of rotatable bonds is 4. The highest BCUT2D eigenvalue weighted by Crippen LogP contribution is 2.12. The maximum Gasteiger partial charge on any atom is 0.269 e. The molecule has 0 unspecified atom stereocenters. The summed E-state index contributed by atoms with van der Waals surface area (Å²) in [6.45, 7) is 2.75. The van der Waals surface area contributed by atoms with Gasteiger partial charge in [-0.05, 0) is 31.2 Å². The lowest BCUT2D eigenvalue weighted by Gasteiger charge is -1.98. The van der Waals surface area contributed by atoms with Crippen LogP contribution in [0, 0.1) is 10.1 Å². The molecule has 1 heterocycles. The number of nitro benzene ring substituents is 1. The van der Waals surface area contributed by atoms with Crippen molar-refractivity contribution in [2.24, 2.45) is 0 Å². The Morgan fingerprint density at radius 3 is 2.55 bits per heavy atom. The molecular weight excluding hydrogens is 254 g/mol. The fourth-order valence-electron chi connectivity index (χ4n) is 1.59. The van der Waals surface area contributed by atoms with Crippen LogP contribution >= 0.6 is 0 Å². The monoisotopic (exact) mass is 273 g/mol. The van der Waals surface area contributed by atoms with Crippen molar-refractivity contribution in [1.29, 1.82) is 0 Å². The second-order valence-electron chi connectivity index (χ2n) is 4.13. The number of aromatic nitrogens is 1. The Labute approximate surface area is 118 Å². The van der Waals surface area contributed by atoms with Crippen LogP contribution in [0.3, 0.4) is 0 Å². The van der Waals surface area contributed by atoms with Crippen LogP contribution in [0.1, 0.15) is 18.2 Å². The van der Waals surface area contributed by atoms with Crippen molar-refractivity contribution in [1.82, 2.24) is 10.3 Å². The summed E-state index contributed by atoms with van der Waals surface area (Å²) in [4.78, 5) is 14.1. The summed E-state index contributed by atoms with van der Waals surface area (Å²) < 4.78 is 0. The van der Waals surface area contributed by atoms with Crippen LogP contribution in [0.15, 0.2) is 48.7 Å². The van der Waals surface area contributed by atoms with E-state index in [1.807, 2.05) is 30.5 Å². The molecule has 20 heavy (non-hydrogen) atoms. The molecule has 0 fully saturated rings. The number of aryl methyl sites for hydroxylation is 1. The molecule has 0 aliphatic rings. The first kappa shape index (κ1) is 15.8. The zero-order valence-corrected chi connectivity index (χ0v) is 11.7. The van der Waals surface area contributed by atoms with Gasteiger partial charge in [-0.15, -0.1) is 0 Å². The van der Waals surface area contributed by atoms with Crippen LogP contribution in [-0.4, -0.2) is 17.0 Å². The Balaban J connectivity index is 0.000000217. The third-order valence-corrected chi connectivity index (χ3v) is 2.59. The minimum absolute atomic E-state index is 0.141.